The third-order valence-electron chi connectivity index (χ3n) is 3.45. The van der Waals surface area contributed by atoms with Gasteiger partial charge in [-0.3, -0.25) is 4.79 Å². The molecule has 0 saturated heterocycles. The molecule has 134 valence electrons. The average Bonchev–Trinajstić information content (AvgIpc) is 2.65. The second kappa shape index (κ2) is 9.42. The number of hydrogen-bond acceptors (Lipinski definition) is 5. The van der Waals surface area contributed by atoms with Crippen molar-refractivity contribution >= 4 is 5.91 Å². The number of rotatable bonds is 9. The predicted octanol–water partition coefficient (Wildman–Crippen LogP) is 2.67. The van der Waals surface area contributed by atoms with Crippen LogP contribution in [0.5, 0.6) is 23.0 Å². The van der Waals surface area contributed by atoms with E-state index in [1.165, 1.54) is 0 Å². The fraction of sp³-hybridized carbons (Fsp3) is 0.316. The summed E-state index contributed by atoms with van der Waals surface area (Å²) in [6.07, 6.45) is -0.645. The SMILES string of the molecule is COc1cccc(OCCNC(=O)[C@H](C)Oc2ccccc2OC)c1. The summed E-state index contributed by atoms with van der Waals surface area (Å²) < 4.78 is 21.6. The molecule has 0 aromatic heterocycles. The van der Waals surface area contributed by atoms with E-state index in [9.17, 15) is 4.79 Å². The molecule has 2 rings (SSSR count). The van der Waals surface area contributed by atoms with Crippen molar-refractivity contribution in [2.45, 2.75) is 13.0 Å². The first-order chi connectivity index (χ1) is 12.1. The fourth-order valence-electron chi connectivity index (χ4n) is 2.14. The number of methoxy groups -OCH3 is 2. The average molecular weight is 345 g/mol. The van der Waals surface area contributed by atoms with Crippen molar-refractivity contribution < 1.29 is 23.7 Å². The molecule has 2 aromatic carbocycles. The molecule has 2 aromatic rings. The minimum Gasteiger partial charge on any atom is -0.497 e. The normalized spacial score (nSPS) is 11.3. The van der Waals surface area contributed by atoms with Gasteiger partial charge in [0.25, 0.3) is 5.91 Å². The Morgan fingerprint density at radius 1 is 1.00 bits per heavy atom. The molecule has 0 radical (unpaired) electrons. The molecule has 0 unspecified atom stereocenters. The molecular weight excluding hydrogens is 322 g/mol. The van der Waals surface area contributed by atoms with E-state index in [4.69, 9.17) is 18.9 Å². The van der Waals surface area contributed by atoms with Gasteiger partial charge in [-0.2, -0.15) is 0 Å². The highest BCUT2D eigenvalue weighted by Crippen LogP contribution is 2.26. The molecule has 0 saturated carbocycles. The Balaban J connectivity index is 1.75. The topological polar surface area (TPSA) is 66.0 Å². The molecule has 0 aliphatic heterocycles. The van der Waals surface area contributed by atoms with Gasteiger partial charge in [0.05, 0.1) is 20.8 Å². The lowest BCUT2D eigenvalue weighted by molar-refractivity contribution is -0.127. The fourth-order valence-corrected chi connectivity index (χ4v) is 2.14. The Morgan fingerprint density at radius 3 is 2.44 bits per heavy atom. The number of para-hydroxylation sites is 2. The van der Waals surface area contributed by atoms with Crippen molar-refractivity contribution in [2.75, 3.05) is 27.4 Å². The van der Waals surface area contributed by atoms with Crippen molar-refractivity contribution in [3.05, 3.63) is 48.5 Å². The number of carbonyl (C=O) groups excluding carboxylic acids is 1. The number of amides is 1. The van der Waals surface area contributed by atoms with Gasteiger partial charge in [0.2, 0.25) is 0 Å². The Bertz CT molecular complexity index is 689. The maximum atomic E-state index is 12.1. The maximum Gasteiger partial charge on any atom is 0.260 e. The van der Waals surface area contributed by atoms with Crippen LogP contribution in [0.3, 0.4) is 0 Å². The van der Waals surface area contributed by atoms with Gasteiger partial charge < -0.3 is 24.3 Å². The van der Waals surface area contributed by atoms with Crippen LogP contribution in [0.4, 0.5) is 0 Å². The minimum atomic E-state index is -0.645. The van der Waals surface area contributed by atoms with Crippen LogP contribution >= 0.6 is 0 Å². The van der Waals surface area contributed by atoms with E-state index < -0.39 is 6.10 Å². The summed E-state index contributed by atoms with van der Waals surface area (Å²) in [7, 11) is 3.16. The second-order valence-electron chi connectivity index (χ2n) is 5.23. The molecule has 0 aliphatic rings. The van der Waals surface area contributed by atoms with Gasteiger partial charge in [0.1, 0.15) is 18.1 Å². The molecule has 0 spiro atoms. The quantitative estimate of drug-likeness (QED) is 0.708. The van der Waals surface area contributed by atoms with Crippen molar-refractivity contribution in [1.29, 1.82) is 0 Å². The Kier molecular flexibility index (Phi) is 6.95. The van der Waals surface area contributed by atoms with Crippen molar-refractivity contribution in [3.63, 3.8) is 0 Å². The first kappa shape index (κ1) is 18.4. The largest absolute Gasteiger partial charge is 0.497 e. The van der Waals surface area contributed by atoms with Gasteiger partial charge in [-0.15, -0.1) is 0 Å². The molecule has 0 bridgehead atoms. The second-order valence-corrected chi connectivity index (χ2v) is 5.23. The zero-order valence-corrected chi connectivity index (χ0v) is 14.7. The zero-order chi connectivity index (χ0) is 18.1. The first-order valence-corrected chi connectivity index (χ1v) is 7.98. The lowest BCUT2D eigenvalue weighted by Gasteiger charge is -2.16. The van der Waals surface area contributed by atoms with Crippen LogP contribution in [-0.4, -0.2) is 39.4 Å². The van der Waals surface area contributed by atoms with E-state index >= 15 is 0 Å². The lowest BCUT2D eigenvalue weighted by atomic mass is 10.3. The Morgan fingerprint density at radius 2 is 1.72 bits per heavy atom. The predicted molar refractivity (Wildman–Crippen MR) is 94.6 cm³/mol. The summed E-state index contributed by atoms with van der Waals surface area (Å²) in [5.41, 5.74) is 0. The summed E-state index contributed by atoms with van der Waals surface area (Å²) in [6.45, 7) is 2.40. The summed E-state index contributed by atoms with van der Waals surface area (Å²) in [5.74, 6) is 2.30. The van der Waals surface area contributed by atoms with E-state index in [1.807, 2.05) is 30.3 Å². The van der Waals surface area contributed by atoms with Crippen molar-refractivity contribution in [3.8, 4) is 23.0 Å². The Labute approximate surface area is 147 Å². The monoisotopic (exact) mass is 345 g/mol. The van der Waals surface area contributed by atoms with Crippen LogP contribution < -0.4 is 24.3 Å². The molecule has 0 aliphatic carbocycles. The highest BCUT2D eigenvalue weighted by atomic mass is 16.5. The Hall–Kier alpha value is -2.89. The van der Waals surface area contributed by atoms with E-state index in [-0.39, 0.29) is 5.91 Å². The molecule has 6 nitrogen and oxygen atoms in total. The van der Waals surface area contributed by atoms with Crippen LogP contribution in [0.25, 0.3) is 0 Å². The van der Waals surface area contributed by atoms with E-state index in [0.717, 1.165) is 5.75 Å². The molecule has 1 atom stereocenters. The molecule has 0 fully saturated rings. The van der Waals surface area contributed by atoms with Crippen LogP contribution in [0, 0.1) is 0 Å². The first-order valence-electron chi connectivity index (χ1n) is 7.98. The van der Waals surface area contributed by atoms with E-state index in [2.05, 4.69) is 5.32 Å². The number of ether oxygens (including phenoxy) is 4. The summed E-state index contributed by atoms with van der Waals surface area (Å²) in [4.78, 5) is 12.1. The number of nitrogens with one attached hydrogen (secondary N) is 1. The van der Waals surface area contributed by atoms with Gasteiger partial charge in [0.15, 0.2) is 17.6 Å². The third kappa shape index (κ3) is 5.60. The number of hydrogen-bond donors (Lipinski definition) is 1. The minimum absolute atomic E-state index is 0.222. The van der Waals surface area contributed by atoms with E-state index in [1.54, 1.807) is 39.3 Å². The maximum absolute atomic E-state index is 12.1. The number of benzene rings is 2. The third-order valence-corrected chi connectivity index (χ3v) is 3.45. The number of carbonyl (C=O) groups is 1. The molecule has 6 heteroatoms. The van der Waals surface area contributed by atoms with E-state index in [0.29, 0.717) is 30.4 Å². The van der Waals surface area contributed by atoms with Gasteiger partial charge in [-0.25, -0.2) is 0 Å². The van der Waals surface area contributed by atoms with Gasteiger partial charge in [-0.05, 0) is 31.2 Å². The van der Waals surface area contributed by atoms with Crippen LogP contribution in [0.1, 0.15) is 6.92 Å². The van der Waals surface area contributed by atoms with Crippen LogP contribution in [-0.2, 0) is 4.79 Å². The lowest BCUT2D eigenvalue weighted by Crippen LogP contribution is -2.38. The standard InChI is InChI=1S/C19H23NO5/c1-14(25-18-10-5-4-9-17(18)23-3)19(21)20-11-12-24-16-8-6-7-15(13-16)22-2/h4-10,13-14H,11-12H2,1-3H3,(H,20,21)/t14-/m0/s1. The molecule has 25 heavy (non-hydrogen) atoms. The summed E-state index contributed by atoms with van der Waals surface area (Å²) >= 11 is 0. The van der Waals surface area contributed by atoms with Crippen molar-refractivity contribution in [2.24, 2.45) is 0 Å². The molecule has 0 heterocycles. The van der Waals surface area contributed by atoms with Gasteiger partial charge in [0, 0.05) is 6.07 Å². The highest BCUT2D eigenvalue weighted by Gasteiger charge is 2.16. The zero-order valence-electron chi connectivity index (χ0n) is 14.7. The summed E-state index contributed by atoms with van der Waals surface area (Å²) in [6, 6.07) is 14.5. The van der Waals surface area contributed by atoms with Crippen molar-refractivity contribution in [1.82, 2.24) is 5.32 Å². The van der Waals surface area contributed by atoms with Gasteiger partial charge >= 0.3 is 0 Å². The summed E-state index contributed by atoms with van der Waals surface area (Å²) in [5, 5.41) is 2.78. The molecule has 1 amide bonds. The van der Waals surface area contributed by atoms with Crippen LogP contribution in [0.15, 0.2) is 48.5 Å². The molecule has 1 N–H and O–H groups in total. The van der Waals surface area contributed by atoms with Gasteiger partial charge in [-0.1, -0.05) is 18.2 Å². The highest BCUT2D eigenvalue weighted by molar-refractivity contribution is 5.80. The smallest absolute Gasteiger partial charge is 0.260 e. The molecular formula is C19H23NO5. The van der Waals surface area contributed by atoms with Crippen LogP contribution in [0.2, 0.25) is 0 Å².